The summed E-state index contributed by atoms with van der Waals surface area (Å²) in [5.41, 5.74) is 1.70. The van der Waals surface area contributed by atoms with Crippen molar-refractivity contribution < 1.29 is 38.4 Å². The van der Waals surface area contributed by atoms with Gasteiger partial charge in [0.15, 0.2) is 5.92 Å². The minimum absolute atomic E-state index is 0. The fraction of sp³-hybridized carbons (Fsp3) is 0.529. The molecule has 0 aliphatic carbocycles. The normalized spacial score (nSPS) is 21.6. The predicted octanol–water partition coefficient (Wildman–Crippen LogP) is -0.626. The number of carbonyl (C=O) groups is 1. The maximum absolute atomic E-state index is 12.1. The van der Waals surface area contributed by atoms with Crippen molar-refractivity contribution >= 4 is 16.9 Å². The van der Waals surface area contributed by atoms with E-state index in [-0.39, 0.29) is 30.0 Å². The van der Waals surface area contributed by atoms with Gasteiger partial charge in [0.1, 0.15) is 6.04 Å². The largest absolute Gasteiger partial charge is 1.00 e. The maximum atomic E-state index is 12.1. The second-order valence-corrected chi connectivity index (χ2v) is 6.91. The van der Waals surface area contributed by atoms with Crippen LogP contribution >= 0.6 is 0 Å². The number of halogens is 1. The van der Waals surface area contributed by atoms with E-state index in [0.717, 1.165) is 34.8 Å². The number of benzene rings is 1. The molecule has 0 radical (unpaired) electrons. The average molecular weight is 429 g/mol. The summed E-state index contributed by atoms with van der Waals surface area (Å²) >= 11 is 0. The van der Waals surface area contributed by atoms with E-state index in [1.165, 1.54) is 6.42 Å². The smallest absolute Gasteiger partial charge is 0.318 e. The van der Waals surface area contributed by atoms with Crippen LogP contribution in [0.4, 0.5) is 0 Å². The fourth-order valence-electron chi connectivity index (χ4n) is 3.89. The number of hydrogen-bond donors (Lipinski definition) is 1. The van der Waals surface area contributed by atoms with E-state index < -0.39 is 11.9 Å². The Morgan fingerprint density at radius 3 is 2.70 bits per heavy atom. The number of piperidine rings is 1. The minimum Gasteiger partial charge on any atom is -1.00 e. The highest BCUT2D eigenvalue weighted by Crippen LogP contribution is 2.36. The molecule has 2 unspecified atom stereocenters. The van der Waals surface area contributed by atoms with Crippen LogP contribution in [0.3, 0.4) is 0 Å². The number of fused-ring (bicyclic) bond motifs is 1. The summed E-state index contributed by atoms with van der Waals surface area (Å²) in [4.78, 5) is 12.1. The van der Waals surface area contributed by atoms with Gasteiger partial charge in [-0.3, -0.25) is 9.48 Å². The second-order valence-electron chi connectivity index (χ2n) is 6.91. The van der Waals surface area contributed by atoms with E-state index in [9.17, 15) is 9.90 Å². The summed E-state index contributed by atoms with van der Waals surface area (Å²) in [6, 6.07) is 7.96. The van der Waals surface area contributed by atoms with Gasteiger partial charge < -0.3 is 33.6 Å². The lowest BCUT2D eigenvalue weighted by Gasteiger charge is -2.43. The first-order chi connectivity index (χ1) is 10.4. The van der Waals surface area contributed by atoms with Crippen LogP contribution in [0.1, 0.15) is 30.9 Å². The number of aromatic nitrogens is 2. The Hall–Kier alpha value is -1.15. The molecule has 1 aliphatic heterocycles. The van der Waals surface area contributed by atoms with Crippen LogP contribution in [-0.2, 0) is 11.8 Å². The third kappa shape index (κ3) is 3.24. The van der Waals surface area contributed by atoms with E-state index >= 15 is 0 Å². The molecule has 23 heavy (non-hydrogen) atoms. The standard InChI is InChI=1S/C17H23N3O2.HI/c1-19-13-9-5-4-8-12(13)16(18-19)15(17(21)22)14-10-6-7-11-20(14,2)3;/h4-5,8-9,14-15H,6-7,10-11H2,1-3H3;1H. The highest BCUT2D eigenvalue weighted by Gasteiger charge is 2.44. The van der Waals surface area contributed by atoms with Gasteiger partial charge in [0, 0.05) is 18.9 Å². The number of likely N-dealkylation sites (tertiary alicyclic amines) is 1. The lowest BCUT2D eigenvalue weighted by atomic mass is 9.85. The predicted molar refractivity (Wildman–Crippen MR) is 85.7 cm³/mol. The molecule has 1 aliphatic rings. The van der Waals surface area contributed by atoms with Gasteiger partial charge in [-0.2, -0.15) is 5.10 Å². The maximum Gasteiger partial charge on any atom is 0.318 e. The van der Waals surface area contributed by atoms with Crippen molar-refractivity contribution in [2.45, 2.75) is 31.2 Å². The molecule has 1 saturated heterocycles. The molecule has 5 nitrogen and oxygen atoms in total. The van der Waals surface area contributed by atoms with Crippen LogP contribution in [0.15, 0.2) is 24.3 Å². The Kier molecular flexibility index (Phi) is 5.35. The molecule has 0 saturated carbocycles. The summed E-state index contributed by atoms with van der Waals surface area (Å²) in [5, 5.41) is 15.5. The highest BCUT2D eigenvalue weighted by atomic mass is 127. The monoisotopic (exact) mass is 429 g/mol. The van der Waals surface area contributed by atoms with Gasteiger partial charge in [-0.25, -0.2) is 0 Å². The number of nitrogens with zero attached hydrogens (tertiary/aromatic N) is 3. The van der Waals surface area contributed by atoms with E-state index in [4.69, 9.17) is 0 Å². The lowest BCUT2D eigenvalue weighted by Crippen LogP contribution is -3.00. The van der Waals surface area contributed by atoms with Crippen LogP contribution in [-0.4, -0.2) is 52.0 Å². The first-order valence-electron chi connectivity index (χ1n) is 7.89. The highest BCUT2D eigenvalue weighted by molar-refractivity contribution is 5.88. The summed E-state index contributed by atoms with van der Waals surface area (Å²) in [7, 11) is 6.17. The molecule has 126 valence electrons. The molecule has 3 rings (SSSR count). The molecule has 1 fully saturated rings. The van der Waals surface area contributed by atoms with E-state index in [1.807, 2.05) is 31.3 Å². The molecule has 0 spiro atoms. The average Bonchev–Trinajstić information content (AvgIpc) is 2.78. The molecular formula is C17H24IN3O2. The summed E-state index contributed by atoms with van der Waals surface area (Å²) in [6.45, 7) is 1.03. The van der Waals surface area contributed by atoms with Crippen LogP contribution in [0.2, 0.25) is 0 Å². The third-order valence-corrected chi connectivity index (χ3v) is 5.11. The van der Waals surface area contributed by atoms with Gasteiger partial charge in [0.05, 0.1) is 31.9 Å². The number of para-hydroxylation sites is 1. The molecule has 1 N–H and O–H groups in total. The van der Waals surface area contributed by atoms with Crippen molar-refractivity contribution in [1.82, 2.24) is 9.78 Å². The van der Waals surface area contributed by atoms with Gasteiger partial charge in [0.2, 0.25) is 0 Å². The third-order valence-electron chi connectivity index (χ3n) is 5.11. The van der Waals surface area contributed by atoms with E-state index in [0.29, 0.717) is 5.69 Å². The number of rotatable bonds is 3. The second kappa shape index (κ2) is 6.76. The Labute approximate surface area is 153 Å². The quantitative estimate of drug-likeness (QED) is 0.523. The van der Waals surface area contributed by atoms with Gasteiger partial charge in [-0.1, -0.05) is 18.2 Å². The zero-order valence-corrected chi connectivity index (χ0v) is 16.0. The van der Waals surface area contributed by atoms with Gasteiger partial charge >= 0.3 is 5.97 Å². The molecule has 6 heteroatoms. The molecule has 2 atom stereocenters. The Balaban J connectivity index is 0.00000192. The van der Waals surface area contributed by atoms with Crippen molar-refractivity contribution in [1.29, 1.82) is 0 Å². The SMILES string of the molecule is Cn1nc(C(C(=O)O)C2CCCC[N+]2(C)C)c2ccccc21.[I-]. The molecule has 0 amide bonds. The molecule has 2 aromatic rings. The number of quaternary nitrogens is 1. The molecular weight excluding hydrogens is 405 g/mol. The fourth-order valence-corrected chi connectivity index (χ4v) is 3.89. The van der Waals surface area contributed by atoms with Crippen LogP contribution in [0, 0.1) is 0 Å². The van der Waals surface area contributed by atoms with Gasteiger partial charge in [0.25, 0.3) is 0 Å². The van der Waals surface area contributed by atoms with Crippen LogP contribution in [0.5, 0.6) is 0 Å². The first-order valence-corrected chi connectivity index (χ1v) is 7.89. The topological polar surface area (TPSA) is 55.1 Å². The van der Waals surface area contributed by atoms with Crippen molar-refractivity contribution in [3.8, 4) is 0 Å². The number of carboxylic acid groups (broad SMARTS) is 1. The van der Waals surface area contributed by atoms with E-state index in [1.54, 1.807) is 4.68 Å². The number of aryl methyl sites for hydroxylation is 1. The summed E-state index contributed by atoms with van der Waals surface area (Å²) in [6.07, 6.45) is 3.20. The Morgan fingerprint density at radius 1 is 1.35 bits per heavy atom. The number of aliphatic carboxylic acids is 1. The Bertz CT molecular complexity index is 711. The first kappa shape index (κ1) is 18.2. The van der Waals surface area contributed by atoms with Gasteiger partial charge in [-0.05, 0) is 18.9 Å². The zero-order chi connectivity index (χ0) is 15.9. The summed E-state index contributed by atoms with van der Waals surface area (Å²) in [5.74, 6) is -1.32. The van der Waals surface area contributed by atoms with Crippen LogP contribution in [0.25, 0.3) is 10.9 Å². The molecule has 1 aromatic heterocycles. The van der Waals surface area contributed by atoms with Crippen molar-refractivity contribution in [3.63, 3.8) is 0 Å². The van der Waals surface area contributed by atoms with Gasteiger partial charge in [-0.15, -0.1) is 0 Å². The van der Waals surface area contributed by atoms with E-state index in [2.05, 4.69) is 19.2 Å². The molecule has 1 aromatic carbocycles. The lowest BCUT2D eigenvalue weighted by molar-refractivity contribution is -0.920. The number of likely N-dealkylation sites (N-methyl/N-ethyl adjacent to an activating group) is 1. The Morgan fingerprint density at radius 2 is 2.04 bits per heavy atom. The van der Waals surface area contributed by atoms with Crippen molar-refractivity contribution in [2.24, 2.45) is 7.05 Å². The number of carboxylic acids is 1. The zero-order valence-electron chi connectivity index (χ0n) is 13.9. The van der Waals surface area contributed by atoms with Crippen molar-refractivity contribution in [3.05, 3.63) is 30.0 Å². The van der Waals surface area contributed by atoms with Crippen molar-refractivity contribution in [2.75, 3.05) is 20.6 Å². The number of hydrogen-bond acceptors (Lipinski definition) is 2. The summed E-state index contributed by atoms with van der Waals surface area (Å²) < 4.78 is 2.55. The molecule has 2 heterocycles. The minimum atomic E-state index is -0.762. The van der Waals surface area contributed by atoms with Crippen LogP contribution < -0.4 is 24.0 Å². The molecule has 0 bridgehead atoms.